The third kappa shape index (κ3) is 5.10. The highest BCUT2D eigenvalue weighted by molar-refractivity contribution is 9.10. The summed E-state index contributed by atoms with van der Waals surface area (Å²) in [6.45, 7) is 21.9. The van der Waals surface area contributed by atoms with Gasteiger partial charge in [-0.25, -0.2) is 4.79 Å². The Morgan fingerprint density at radius 3 is 1.92 bits per heavy atom. The van der Waals surface area contributed by atoms with E-state index in [2.05, 4.69) is 83.7 Å². The molecule has 1 aliphatic rings. The topological polar surface area (TPSA) is 44.8 Å². The number of hydrogen-bond donors (Lipinski definition) is 0. The summed E-state index contributed by atoms with van der Waals surface area (Å²) in [5.74, 6) is -0.498. The molecule has 0 bridgehead atoms. The Labute approximate surface area is 168 Å². The molecule has 25 heavy (non-hydrogen) atoms. The molecule has 0 amide bonds. The number of carbonyl (C=O) groups is 1. The molecular weight excluding hydrogens is 440 g/mol. The molecule has 148 valence electrons. The van der Waals surface area contributed by atoms with Crippen LogP contribution in [0.5, 0.6) is 0 Å². The van der Waals surface area contributed by atoms with Crippen molar-refractivity contribution in [1.29, 1.82) is 0 Å². The lowest BCUT2D eigenvalue weighted by atomic mass is 10.2. The minimum Gasteiger partial charge on any atom is -0.455 e. The molecule has 1 rings (SSSR count). The fraction of sp³-hybridized carbons (Fsp3) is 0.941. The van der Waals surface area contributed by atoms with E-state index in [9.17, 15) is 4.79 Å². The smallest absolute Gasteiger partial charge is 0.341 e. The molecule has 0 N–H and O–H groups in total. The molecule has 1 aliphatic heterocycles. The number of alkyl halides is 2. The monoisotopic (exact) mass is 472 g/mol. The SMILES string of the molecule is CC(C)(C)[Si](C)(C)OC[C@H]1OC(=O)[C@@](Cl)(Br)[C@@H]1O[Si](C)(C)C(C)(C)C. The summed E-state index contributed by atoms with van der Waals surface area (Å²) >= 11 is 9.81. The highest BCUT2D eigenvalue weighted by atomic mass is 79.9. The third-order valence-corrected chi connectivity index (χ3v) is 16.0. The van der Waals surface area contributed by atoms with E-state index >= 15 is 0 Å². The second-order valence-electron chi connectivity index (χ2n) is 9.94. The van der Waals surface area contributed by atoms with E-state index in [1.165, 1.54) is 0 Å². The van der Waals surface area contributed by atoms with Gasteiger partial charge in [0.15, 0.2) is 22.7 Å². The molecule has 0 aromatic heterocycles. The van der Waals surface area contributed by atoms with Gasteiger partial charge in [-0.05, 0) is 36.3 Å². The van der Waals surface area contributed by atoms with Crippen LogP contribution in [0.15, 0.2) is 0 Å². The Bertz CT molecular complexity index is 510. The van der Waals surface area contributed by atoms with Gasteiger partial charge in [-0.1, -0.05) is 69.1 Å². The lowest BCUT2D eigenvalue weighted by Gasteiger charge is -2.41. The molecule has 1 fully saturated rings. The molecule has 8 heteroatoms. The summed E-state index contributed by atoms with van der Waals surface area (Å²) < 4.78 is 16.9. The number of cyclic esters (lactones) is 1. The Kier molecular flexibility index (Phi) is 6.81. The summed E-state index contributed by atoms with van der Waals surface area (Å²) in [6.07, 6.45) is -1.08. The van der Waals surface area contributed by atoms with E-state index in [1.807, 2.05) is 0 Å². The maximum atomic E-state index is 12.3. The van der Waals surface area contributed by atoms with Crippen molar-refractivity contribution in [3.63, 3.8) is 0 Å². The molecule has 0 aromatic carbocycles. The predicted octanol–water partition coefficient (Wildman–Crippen LogP) is 5.65. The van der Waals surface area contributed by atoms with Crippen LogP contribution >= 0.6 is 27.5 Å². The Hall–Kier alpha value is 0.594. The van der Waals surface area contributed by atoms with E-state index < -0.39 is 38.6 Å². The van der Waals surface area contributed by atoms with Gasteiger partial charge in [-0.3, -0.25) is 0 Å². The molecule has 0 saturated carbocycles. The quantitative estimate of drug-likeness (QED) is 0.294. The lowest BCUT2D eigenvalue weighted by molar-refractivity contribution is -0.143. The van der Waals surface area contributed by atoms with Gasteiger partial charge < -0.3 is 13.6 Å². The highest BCUT2D eigenvalue weighted by Crippen LogP contribution is 2.46. The highest BCUT2D eigenvalue weighted by Gasteiger charge is 2.59. The minimum absolute atomic E-state index is 0.00342. The second-order valence-corrected chi connectivity index (χ2v) is 21.8. The van der Waals surface area contributed by atoms with Crippen molar-refractivity contribution >= 4 is 50.1 Å². The Morgan fingerprint density at radius 1 is 1.08 bits per heavy atom. The van der Waals surface area contributed by atoms with Gasteiger partial charge >= 0.3 is 5.97 Å². The van der Waals surface area contributed by atoms with Crippen LogP contribution in [-0.2, 0) is 18.4 Å². The maximum absolute atomic E-state index is 12.3. The number of hydrogen-bond acceptors (Lipinski definition) is 4. The average molecular weight is 474 g/mol. The largest absolute Gasteiger partial charge is 0.455 e. The van der Waals surface area contributed by atoms with Crippen molar-refractivity contribution in [2.45, 2.75) is 93.8 Å². The van der Waals surface area contributed by atoms with Gasteiger partial charge in [-0.2, -0.15) is 0 Å². The fourth-order valence-corrected chi connectivity index (χ4v) is 5.19. The number of carbonyl (C=O) groups excluding carboxylic acids is 1. The molecule has 0 spiro atoms. The standard InChI is InChI=1S/C17H34BrClO4Si2/c1-15(2,3)24(7,8)21-11-12-13(17(18,19)14(20)22-12)23-25(9,10)16(4,5)6/h12-13H,11H2,1-10H3/t12-,13-,17-/m1/s1. The fourth-order valence-electron chi connectivity index (χ4n) is 1.90. The minimum atomic E-state index is -2.13. The van der Waals surface area contributed by atoms with Crippen LogP contribution in [0.1, 0.15) is 41.5 Å². The summed E-state index contributed by atoms with van der Waals surface area (Å²) in [5, 5.41) is 0.0846. The van der Waals surface area contributed by atoms with Crippen LogP contribution in [0.2, 0.25) is 36.3 Å². The Morgan fingerprint density at radius 2 is 1.52 bits per heavy atom. The van der Waals surface area contributed by atoms with E-state index in [0.29, 0.717) is 6.61 Å². The van der Waals surface area contributed by atoms with Crippen LogP contribution in [0.3, 0.4) is 0 Å². The van der Waals surface area contributed by atoms with E-state index in [4.69, 9.17) is 25.2 Å². The lowest BCUT2D eigenvalue weighted by Crippen LogP contribution is -2.52. The number of rotatable bonds is 5. The van der Waals surface area contributed by atoms with Crippen molar-refractivity contribution < 1.29 is 18.4 Å². The zero-order valence-electron chi connectivity index (χ0n) is 17.3. The molecular formula is C17H34BrClO4Si2. The van der Waals surface area contributed by atoms with Gasteiger partial charge in [0.1, 0.15) is 6.10 Å². The van der Waals surface area contributed by atoms with Crippen molar-refractivity contribution in [3.05, 3.63) is 0 Å². The first-order valence-electron chi connectivity index (χ1n) is 8.73. The van der Waals surface area contributed by atoms with Crippen molar-refractivity contribution in [3.8, 4) is 0 Å². The molecule has 0 aromatic rings. The van der Waals surface area contributed by atoms with E-state index in [1.54, 1.807) is 0 Å². The van der Waals surface area contributed by atoms with Crippen LogP contribution < -0.4 is 0 Å². The molecule has 0 unspecified atom stereocenters. The van der Waals surface area contributed by atoms with Crippen molar-refractivity contribution in [2.24, 2.45) is 0 Å². The summed E-state index contributed by atoms with van der Waals surface area (Å²) in [4.78, 5) is 12.3. The predicted molar refractivity (Wildman–Crippen MR) is 113 cm³/mol. The number of esters is 1. The molecule has 1 saturated heterocycles. The first-order valence-corrected chi connectivity index (χ1v) is 15.7. The second kappa shape index (κ2) is 7.20. The van der Waals surface area contributed by atoms with Gasteiger partial charge in [-0.15, -0.1) is 0 Å². The number of ether oxygens (including phenoxy) is 1. The molecule has 0 aliphatic carbocycles. The summed E-state index contributed by atoms with van der Waals surface area (Å²) in [7, 11) is -4.09. The van der Waals surface area contributed by atoms with Crippen LogP contribution in [0.4, 0.5) is 0 Å². The molecule has 3 atom stereocenters. The van der Waals surface area contributed by atoms with Crippen molar-refractivity contribution in [1.82, 2.24) is 0 Å². The third-order valence-electron chi connectivity index (χ3n) is 5.87. The van der Waals surface area contributed by atoms with E-state index in [0.717, 1.165) is 0 Å². The molecule has 1 heterocycles. The normalized spacial score (nSPS) is 29.0. The Balaban J connectivity index is 3.00. The van der Waals surface area contributed by atoms with E-state index in [-0.39, 0.29) is 10.1 Å². The zero-order chi connectivity index (χ0) is 20.1. The van der Waals surface area contributed by atoms with Gasteiger partial charge in [0.2, 0.25) is 3.78 Å². The average Bonchev–Trinajstić information content (AvgIpc) is 2.57. The summed E-state index contributed by atoms with van der Waals surface area (Å²) in [6, 6.07) is 0. The van der Waals surface area contributed by atoms with Gasteiger partial charge in [0, 0.05) is 0 Å². The first kappa shape index (κ1) is 23.6. The van der Waals surface area contributed by atoms with Crippen LogP contribution in [0.25, 0.3) is 0 Å². The first-order chi connectivity index (χ1) is 10.8. The van der Waals surface area contributed by atoms with Crippen LogP contribution in [0, 0.1) is 0 Å². The maximum Gasteiger partial charge on any atom is 0.341 e. The summed E-state index contributed by atoms with van der Waals surface area (Å²) in [5.41, 5.74) is 0. The van der Waals surface area contributed by atoms with Gasteiger partial charge in [0.05, 0.1) is 6.61 Å². The number of halogens is 2. The molecule has 4 nitrogen and oxygen atoms in total. The van der Waals surface area contributed by atoms with Crippen molar-refractivity contribution in [2.75, 3.05) is 6.61 Å². The zero-order valence-corrected chi connectivity index (χ0v) is 21.6. The molecule has 0 radical (unpaired) electrons. The van der Waals surface area contributed by atoms with Crippen LogP contribution in [-0.4, -0.2) is 45.2 Å². The van der Waals surface area contributed by atoms with Gasteiger partial charge in [0.25, 0.3) is 0 Å².